The van der Waals surface area contributed by atoms with Crippen molar-refractivity contribution in [1.29, 1.82) is 0 Å². The minimum Gasteiger partial charge on any atom is -0.497 e. The van der Waals surface area contributed by atoms with Crippen molar-refractivity contribution >= 4 is 10.8 Å². The lowest BCUT2D eigenvalue weighted by Gasteiger charge is -2.44. The second kappa shape index (κ2) is 6.52. The number of nitrogens with zero attached hydrogens (tertiary/aromatic N) is 1. The SMILES string of the molecule is CCCN(CCC)C1(C)Cc2cccc3cc(OC)cc(c23)C1. The van der Waals surface area contributed by atoms with Gasteiger partial charge in [0.2, 0.25) is 0 Å². The molecular formula is C21H29NO. The standard InChI is InChI=1S/C21H29NO/c1-5-10-22(11-6-2)21(3)14-17-9-7-8-16-12-19(23-4)13-18(15-21)20(16)17/h7-9,12-13H,5-6,10-11,14-15H2,1-4H3. The molecule has 0 aliphatic heterocycles. The van der Waals surface area contributed by atoms with Crippen LogP contribution in [0.25, 0.3) is 10.8 Å². The average molecular weight is 311 g/mol. The van der Waals surface area contributed by atoms with E-state index in [1.54, 1.807) is 7.11 Å². The normalized spacial score (nSPS) is 20.2. The van der Waals surface area contributed by atoms with Crippen molar-refractivity contribution in [2.24, 2.45) is 0 Å². The van der Waals surface area contributed by atoms with Crippen LogP contribution in [0, 0.1) is 0 Å². The molecule has 0 saturated heterocycles. The first-order valence-corrected chi connectivity index (χ1v) is 8.95. The Morgan fingerprint density at radius 2 is 1.74 bits per heavy atom. The van der Waals surface area contributed by atoms with Crippen molar-refractivity contribution < 1.29 is 4.74 Å². The number of methoxy groups -OCH3 is 1. The smallest absolute Gasteiger partial charge is 0.119 e. The molecule has 1 atom stereocenters. The van der Waals surface area contributed by atoms with E-state index in [4.69, 9.17) is 4.74 Å². The number of rotatable bonds is 6. The second-order valence-corrected chi connectivity index (χ2v) is 7.14. The summed E-state index contributed by atoms with van der Waals surface area (Å²) in [6.07, 6.45) is 4.68. The van der Waals surface area contributed by atoms with Gasteiger partial charge in [-0.1, -0.05) is 32.0 Å². The van der Waals surface area contributed by atoms with Crippen LogP contribution >= 0.6 is 0 Å². The van der Waals surface area contributed by atoms with E-state index in [-0.39, 0.29) is 5.54 Å². The van der Waals surface area contributed by atoms with Gasteiger partial charge in [-0.25, -0.2) is 0 Å². The van der Waals surface area contributed by atoms with Crippen LogP contribution < -0.4 is 4.74 Å². The number of benzene rings is 2. The third-order valence-electron chi connectivity index (χ3n) is 5.25. The summed E-state index contributed by atoms with van der Waals surface area (Å²) in [5, 5.41) is 2.77. The highest BCUT2D eigenvalue weighted by molar-refractivity contribution is 5.91. The van der Waals surface area contributed by atoms with Crippen LogP contribution in [-0.4, -0.2) is 30.6 Å². The van der Waals surface area contributed by atoms with E-state index in [1.807, 2.05) is 0 Å². The second-order valence-electron chi connectivity index (χ2n) is 7.14. The molecule has 1 aliphatic carbocycles. The van der Waals surface area contributed by atoms with Crippen molar-refractivity contribution in [3.63, 3.8) is 0 Å². The maximum atomic E-state index is 5.54. The molecule has 0 radical (unpaired) electrons. The van der Waals surface area contributed by atoms with Gasteiger partial charge in [0.05, 0.1) is 7.11 Å². The summed E-state index contributed by atoms with van der Waals surface area (Å²) in [5.41, 5.74) is 3.15. The monoisotopic (exact) mass is 311 g/mol. The largest absolute Gasteiger partial charge is 0.497 e. The predicted octanol–water partition coefficient (Wildman–Crippen LogP) is 4.83. The summed E-state index contributed by atoms with van der Waals surface area (Å²) >= 11 is 0. The molecule has 0 bridgehead atoms. The summed E-state index contributed by atoms with van der Waals surface area (Å²) in [6, 6.07) is 11.1. The molecule has 3 rings (SSSR count). The first-order chi connectivity index (χ1) is 11.1. The fourth-order valence-corrected chi connectivity index (χ4v) is 4.27. The number of hydrogen-bond donors (Lipinski definition) is 0. The third kappa shape index (κ3) is 2.97. The van der Waals surface area contributed by atoms with Gasteiger partial charge in [-0.15, -0.1) is 0 Å². The molecule has 2 aromatic carbocycles. The predicted molar refractivity (Wildman–Crippen MR) is 98.5 cm³/mol. The Hall–Kier alpha value is -1.54. The van der Waals surface area contributed by atoms with Crippen molar-refractivity contribution in [1.82, 2.24) is 4.90 Å². The van der Waals surface area contributed by atoms with Crippen LogP contribution in [0.1, 0.15) is 44.7 Å². The highest BCUT2D eigenvalue weighted by Gasteiger charge is 2.35. The molecular weight excluding hydrogens is 282 g/mol. The van der Waals surface area contributed by atoms with Gasteiger partial charge in [-0.2, -0.15) is 0 Å². The van der Waals surface area contributed by atoms with Crippen molar-refractivity contribution in [2.75, 3.05) is 20.2 Å². The Morgan fingerprint density at radius 1 is 1.04 bits per heavy atom. The van der Waals surface area contributed by atoms with Gasteiger partial charge in [0.25, 0.3) is 0 Å². The van der Waals surface area contributed by atoms with Crippen molar-refractivity contribution in [3.05, 3.63) is 41.5 Å². The summed E-state index contributed by atoms with van der Waals surface area (Å²) in [4.78, 5) is 2.70. The zero-order valence-corrected chi connectivity index (χ0v) is 15.0. The molecule has 2 nitrogen and oxygen atoms in total. The molecule has 0 heterocycles. The van der Waals surface area contributed by atoms with E-state index >= 15 is 0 Å². The Balaban J connectivity index is 2.07. The van der Waals surface area contributed by atoms with E-state index in [9.17, 15) is 0 Å². The Labute approximate surface area is 140 Å². The van der Waals surface area contributed by atoms with Crippen LogP contribution in [0.15, 0.2) is 30.3 Å². The Kier molecular flexibility index (Phi) is 4.63. The molecule has 1 aliphatic rings. The quantitative estimate of drug-likeness (QED) is 0.758. The molecule has 0 spiro atoms. The van der Waals surface area contributed by atoms with Crippen molar-refractivity contribution in [3.8, 4) is 5.75 Å². The summed E-state index contributed by atoms with van der Waals surface area (Å²) in [5.74, 6) is 0.978. The van der Waals surface area contributed by atoms with Crippen LogP contribution in [0.4, 0.5) is 0 Å². The molecule has 0 fully saturated rings. The van der Waals surface area contributed by atoms with Gasteiger partial charge in [-0.05, 0) is 79.7 Å². The Bertz CT molecular complexity index is 688. The highest BCUT2D eigenvalue weighted by atomic mass is 16.5. The van der Waals surface area contributed by atoms with E-state index in [1.165, 1.54) is 47.8 Å². The molecule has 124 valence electrons. The fourth-order valence-electron chi connectivity index (χ4n) is 4.27. The number of hydrogen-bond acceptors (Lipinski definition) is 2. The number of ether oxygens (including phenoxy) is 1. The maximum Gasteiger partial charge on any atom is 0.119 e. The van der Waals surface area contributed by atoms with Gasteiger partial charge in [0.15, 0.2) is 0 Å². The molecule has 1 unspecified atom stereocenters. The fraction of sp³-hybridized carbons (Fsp3) is 0.524. The minimum absolute atomic E-state index is 0.208. The highest BCUT2D eigenvalue weighted by Crippen LogP contribution is 2.39. The maximum absolute atomic E-state index is 5.54. The van der Waals surface area contributed by atoms with E-state index in [0.717, 1.165) is 18.6 Å². The molecule has 0 saturated carbocycles. The molecule has 0 N–H and O–H groups in total. The summed E-state index contributed by atoms with van der Waals surface area (Å²) in [7, 11) is 1.76. The summed E-state index contributed by atoms with van der Waals surface area (Å²) < 4.78 is 5.54. The Morgan fingerprint density at radius 3 is 2.39 bits per heavy atom. The van der Waals surface area contributed by atoms with Gasteiger partial charge >= 0.3 is 0 Å². The third-order valence-corrected chi connectivity index (χ3v) is 5.25. The van der Waals surface area contributed by atoms with Crippen LogP contribution in [0.2, 0.25) is 0 Å². The average Bonchev–Trinajstić information content (AvgIpc) is 2.54. The lowest BCUT2D eigenvalue weighted by molar-refractivity contribution is 0.101. The molecule has 23 heavy (non-hydrogen) atoms. The first-order valence-electron chi connectivity index (χ1n) is 8.95. The topological polar surface area (TPSA) is 12.5 Å². The van der Waals surface area contributed by atoms with Gasteiger partial charge in [0.1, 0.15) is 5.75 Å². The van der Waals surface area contributed by atoms with Crippen LogP contribution in [-0.2, 0) is 12.8 Å². The molecule has 2 heteroatoms. The van der Waals surface area contributed by atoms with Crippen LogP contribution in [0.5, 0.6) is 5.75 Å². The van der Waals surface area contributed by atoms with Gasteiger partial charge in [-0.3, -0.25) is 4.90 Å². The van der Waals surface area contributed by atoms with Gasteiger partial charge in [0, 0.05) is 5.54 Å². The van der Waals surface area contributed by atoms with Crippen molar-refractivity contribution in [2.45, 2.75) is 52.0 Å². The van der Waals surface area contributed by atoms with E-state index in [0.29, 0.717) is 0 Å². The molecule has 0 aromatic heterocycles. The van der Waals surface area contributed by atoms with E-state index in [2.05, 4.69) is 56.0 Å². The van der Waals surface area contributed by atoms with Crippen LogP contribution in [0.3, 0.4) is 0 Å². The summed E-state index contributed by atoms with van der Waals surface area (Å²) in [6.45, 7) is 9.37. The van der Waals surface area contributed by atoms with Gasteiger partial charge < -0.3 is 4.74 Å². The molecule has 0 amide bonds. The zero-order valence-electron chi connectivity index (χ0n) is 15.0. The minimum atomic E-state index is 0.208. The zero-order chi connectivity index (χ0) is 16.4. The lowest BCUT2D eigenvalue weighted by Crippen LogP contribution is -2.51. The molecule has 2 aromatic rings. The first kappa shape index (κ1) is 16.3. The lowest BCUT2D eigenvalue weighted by atomic mass is 9.76. The van der Waals surface area contributed by atoms with E-state index < -0.39 is 0 Å².